The van der Waals surface area contributed by atoms with Crippen LogP contribution in [0.4, 0.5) is 0 Å². The third-order valence-corrected chi connectivity index (χ3v) is 3.93. The molecule has 2 heterocycles. The Bertz CT molecular complexity index is 761. The average molecular weight is 283 g/mol. The van der Waals surface area contributed by atoms with E-state index < -0.39 is 0 Å². The van der Waals surface area contributed by atoms with E-state index in [4.69, 9.17) is 0 Å². The summed E-state index contributed by atoms with van der Waals surface area (Å²) in [6, 6.07) is 7.77. The Morgan fingerprint density at radius 1 is 1.25 bits per heavy atom. The van der Waals surface area contributed by atoms with Gasteiger partial charge in [-0.1, -0.05) is 42.1 Å². The van der Waals surface area contributed by atoms with Crippen LogP contribution in [0.3, 0.4) is 0 Å². The lowest BCUT2D eigenvalue weighted by molar-refractivity contribution is 0.104. The first-order chi connectivity index (χ1) is 9.81. The van der Waals surface area contributed by atoms with Gasteiger partial charge in [-0.2, -0.15) is 0 Å². The van der Waals surface area contributed by atoms with Crippen LogP contribution >= 0.6 is 11.5 Å². The molecule has 0 saturated heterocycles. The number of carbonyl (C=O) groups excluding carboxylic acids is 1. The highest BCUT2D eigenvalue weighted by molar-refractivity contribution is 7.08. The summed E-state index contributed by atoms with van der Waals surface area (Å²) in [7, 11) is 0. The lowest BCUT2D eigenvalue weighted by Crippen LogP contribution is -2.04. The van der Waals surface area contributed by atoms with Crippen LogP contribution in [0.2, 0.25) is 0 Å². The fourth-order valence-electron chi connectivity index (χ4n) is 2.20. The largest absolute Gasteiger partial charge is 0.287 e. The van der Waals surface area contributed by atoms with Gasteiger partial charge in [0.1, 0.15) is 4.88 Å². The summed E-state index contributed by atoms with van der Waals surface area (Å²) in [4.78, 5) is 17.5. The quantitative estimate of drug-likeness (QED) is 0.690. The van der Waals surface area contributed by atoms with Crippen LogP contribution in [0.1, 0.15) is 34.3 Å². The molecule has 0 fully saturated rings. The molecule has 2 aromatic heterocycles. The predicted molar refractivity (Wildman–Crippen MR) is 79.1 cm³/mol. The molecule has 0 atom stereocenters. The summed E-state index contributed by atoms with van der Waals surface area (Å²) in [5.74, 6) is -0.0345. The van der Waals surface area contributed by atoms with Gasteiger partial charge in [-0.3, -0.25) is 9.78 Å². The van der Waals surface area contributed by atoms with Crippen molar-refractivity contribution < 1.29 is 4.79 Å². The van der Waals surface area contributed by atoms with E-state index in [1.807, 2.05) is 24.3 Å². The van der Waals surface area contributed by atoms with Crippen molar-refractivity contribution in [3.8, 4) is 0 Å². The van der Waals surface area contributed by atoms with E-state index in [1.165, 1.54) is 0 Å². The number of hydrogen-bond acceptors (Lipinski definition) is 5. The van der Waals surface area contributed by atoms with Crippen molar-refractivity contribution in [1.82, 2.24) is 14.6 Å². The average Bonchev–Trinajstić information content (AvgIpc) is 2.94. The molecule has 0 aliphatic carbocycles. The van der Waals surface area contributed by atoms with Crippen molar-refractivity contribution >= 4 is 28.1 Å². The second-order valence-corrected chi connectivity index (χ2v) is 5.29. The molecule has 0 saturated carbocycles. The maximum atomic E-state index is 12.7. The molecule has 0 aliphatic heterocycles. The smallest absolute Gasteiger partial charge is 0.208 e. The van der Waals surface area contributed by atoms with E-state index >= 15 is 0 Å². The van der Waals surface area contributed by atoms with Crippen molar-refractivity contribution in [3.05, 3.63) is 52.8 Å². The Morgan fingerprint density at radius 3 is 2.95 bits per heavy atom. The van der Waals surface area contributed by atoms with Gasteiger partial charge in [-0.25, -0.2) is 0 Å². The highest BCUT2D eigenvalue weighted by Crippen LogP contribution is 2.23. The SMILES string of the molecule is CCCc1nnsc1C(=O)c1cncc2ccccc12. The van der Waals surface area contributed by atoms with Crippen LogP contribution in [-0.4, -0.2) is 20.4 Å². The lowest BCUT2D eigenvalue weighted by atomic mass is 10.0. The summed E-state index contributed by atoms with van der Waals surface area (Å²) in [6.45, 7) is 2.06. The normalized spacial score (nSPS) is 10.8. The molecule has 0 amide bonds. The lowest BCUT2D eigenvalue weighted by Gasteiger charge is -2.04. The minimum Gasteiger partial charge on any atom is -0.287 e. The number of fused-ring (bicyclic) bond motifs is 1. The molecule has 0 spiro atoms. The van der Waals surface area contributed by atoms with Gasteiger partial charge in [-0.15, -0.1) is 5.10 Å². The molecule has 3 rings (SSSR count). The Labute approximate surface area is 120 Å². The maximum absolute atomic E-state index is 12.7. The number of aryl methyl sites for hydroxylation is 1. The molecule has 0 aliphatic rings. The molecule has 20 heavy (non-hydrogen) atoms. The zero-order valence-corrected chi connectivity index (χ0v) is 11.9. The van der Waals surface area contributed by atoms with Crippen LogP contribution < -0.4 is 0 Å². The third kappa shape index (κ3) is 2.20. The number of benzene rings is 1. The Hall–Kier alpha value is -2.14. The molecular formula is C15H13N3OS. The molecule has 100 valence electrons. The van der Waals surface area contributed by atoms with Crippen molar-refractivity contribution in [3.63, 3.8) is 0 Å². The van der Waals surface area contributed by atoms with Gasteiger partial charge in [-0.05, 0) is 23.3 Å². The van der Waals surface area contributed by atoms with Crippen molar-refractivity contribution in [1.29, 1.82) is 0 Å². The fraction of sp³-hybridized carbons (Fsp3) is 0.200. The summed E-state index contributed by atoms with van der Waals surface area (Å²) in [5, 5.41) is 5.95. The molecule has 1 aromatic carbocycles. The molecular weight excluding hydrogens is 270 g/mol. The molecule has 0 N–H and O–H groups in total. The third-order valence-electron chi connectivity index (χ3n) is 3.16. The van der Waals surface area contributed by atoms with Crippen molar-refractivity contribution in [2.45, 2.75) is 19.8 Å². The molecule has 0 bridgehead atoms. The summed E-state index contributed by atoms with van der Waals surface area (Å²) in [5.41, 5.74) is 1.40. The molecule has 0 unspecified atom stereocenters. The summed E-state index contributed by atoms with van der Waals surface area (Å²) < 4.78 is 3.92. The van der Waals surface area contributed by atoms with Gasteiger partial charge >= 0.3 is 0 Å². The number of aromatic nitrogens is 3. The fourth-order valence-corrected chi connectivity index (χ4v) is 2.86. The van der Waals surface area contributed by atoms with Crippen molar-refractivity contribution in [2.75, 3.05) is 0 Å². The van der Waals surface area contributed by atoms with E-state index in [0.29, 0.717) is 10.4 Å². The van der Waals surface area contributed by atoms with Gasteiger partial charge in [0.2, 0.25) is 5.78 Å². The second kappa shape index (κ2) is 5.46. The first-order valence-corrected chi connectivity index (χ1v) is 7.27. The number of nitrogens with zero attached hydrogens (tertiary/aromatic N) is 3. The summed E-state index contributed by atoms with van der Waals surface area (Å²) >= 11 is 1.16. The van der Waals surface area contributed by atoms with E-state index in [9.17, 15) is 4.79 Å². The number of hydrogen-bond donors (Lipinski definition) is 0. The first kappa shape index (κ1) is 12.9. The Kier molecular flexibility index (Phi) is 3.52. The molecule has 0 radical (unpaired) electrons. The minimum atomic E-state index is -0.0345. The van der Waals surface area contributed by atoms with Gasteiger partial charge in [0.05, 0.1) is 5.69 Å². The molecule has 5 heteroatoms. The van der Waals surface area contributed by atoms with Crippen LogP contribution in [0.5, 0.6) is 0 Å². The zero-order valence-electron chi connectivity index (χ0n) is 11.0. The minimum absolute atomic E-state index is 0.0345. The van der Waals surface area contributed by atoms with Crippen LogP contribution in [0, 0.1) is 0 Å². The second-order valence-electron chi connectivity index (χ2n) is 4.54. The number of pyridine rings is 1. The van der Waals surface area contributed by atoms with E-state index in [1.54, 1.807) is 12.4 Å². The highest BCUT2D eigenvalue weighted by Gasteiger charge is 2.19. The Balaban J connectivity index is 2.11. The highest BCUT2D eigenvalue weighted by atomic mass is 32.1. The Morgan fingerprint density at radius 2 is 2.10 bits per heavy atom. The van der Waals surface area contributed by atoms with Crippen LogP contribution in [0.25, 0.3) is 10.8 Å². The van der Waals surface area contributed by atoms with E-state index in [-0.39, 0.29) is 5.78 Å². The van der Waals surface area contributed by atoms with Crippen molar-refractivity contribution in [2.24, 2.45) is 0 Å². The molecule has 4 nitrogen and oxygen atoms in total. The predicted octanol–water partition coefficient (Wildman–Crippen LogP) is 3.27. The number of ketones is 1. The van der Waals surface area contributed by atoms with Gasteiger partial charge in [0, 0.05) is 23.3 Å². The standard InChI is InChI=1S/C15H13N3OS/c1-2-5-13-15(20-18-17-13)14(19)12-9-16-8-10-6-3-4-7-11(10)12/h3-4,6-9H,2,5H2,1H3. The van der Waals surface area contributed by atoms with E-state index in [0.717, 1.165) is 40.8 Å². The first-order valence-electron chi connectivity index (χ1n) is 6.50. The van der Waals surface area contributed by atoms with Crippen LogP contribution in [0.15, 0.2) is 36.7 Å². The van der Waals surface area contributed by atoms with Crippen LogP contribution in [-0.2, 0) is 6.42 Å². The summed E-state index contributed by atoms with van der Waals surface area (Å²) in [6.07, 6.45) is 5.11. The monoisotopic (exact) mass is 283 g/mol. The number of rotatable bonds is 4. The number of carbonyl (C=O) groups is 1. The maximum Gasteiger partial charge on any atom is 0.208 e. The molecule has 3 aromatic rings. The van der Waals surface area contributed by atoms with Gasteiger partial charge in [0.15, 0.2) is 0 Å². The van der Waals surface area contributed by atoms with Gasteiger partial charge < -0.3 is 0 Å². The van der Waals surface area contributed by atoms with Gasteiger partial charge in [0.25, 0.3) is 0 Å². The topological polar surface area (TPSA) is 55.7 Å². The van der Waals surface area contributed by atoms with E-state index in [2.05, 4.69) is 21.5 Å². The zero-order chi connectivity index (χ0) is 13.9.